The Morgan fingerprint density at radius 1 is 1.30 bits per heavy atom. The zero-order valence-electron chi connectivity index (χ0n) is 12.1. The van der Waals surface area contributed by atoms with Crippen LogP contribution in [0, 0.1) is 0 Å². The van der Waals surface area contributed by atoms with Gasteiger partial charge in [-0.2, -0.15) is 0 Å². The molecule has 2 fully saturated rings. The number of benzene rings is 1. The summed E-state index contributed by atoms with van der Waals surface area (Å²) < 4.78 is 11.4. The van der Waals surface area contributed by atoms with Gasteiger partial charge in [0.1, 0.15) is 11.2 Å². The maximum Gasteiger partial charge on any atom is 0.254 e. The van der Waals surface area contributed by atoms with Gasteiger partial charge in [0.25, 0.3) is 5.91 Å². The molecule has 0 radical (unpaired) electrons. The predicted octanol–water partition coefficient (Wildman–Crippen LogP) is 1.94. The van der Waals surface area contributed by atoms with Crippen molar-refractivity contribution in [2.75, 3.05) is 26.8 Å². The highest BCUT2D eigenvalue weighted by Gasteiger charge is 2.53. The van der Waals surface area contributed by atoms with Crippen LogP contribution in [-0.2, 0) is 19.9 Å². The molecule has 3 rings (SSSR count). The zero-order valence-corrected chi connectivity index (χ0v) is 12.1. The van der Waals surface area contributed by atoms with E-state index in [0.29, 0.717) is 19.7 Å². The molecular weight excluding hydrogens is 254 g/mol. The first-order valence-corrected chi connectivity index (χ1v) is 7.14. The number of carbonyl (C=O) groups excluding carboxylic acids is 1. The standard InChI is InChI=1S/C16H21NO3/c1-15(13-6-4-3-5-7-13)12-17(10-11-20-15)14(18)16(19-2)8-9-16/h3-7H,8-12H2,1-2H3. The van der Waals surface area contributed by atoms with Gasteiger partial charge in [-0.15, -0.1) is 0 Å². The monoisotopic (exact) mass is 275 g/mol. The second-order valence-electron chi connectivity index (χ2n) is 5.87. The Morgan fingerprint density at radius 3 is 2.60 bits per heavy atom. The van der Waals surface area contributed by atoms with Gasteiger partial charge in [0.2, 0.25) is 0 Å². The van der Waals surface area contributed by atoms with Crippen molar-refractivity contribution in [2.24, 2.45) is 0 Å². The minimum atomic E-state index is -0.547. The molecule has 20 heavy (non-hydrogen) atoms. The van der Waals surface area contributed by atoms with Crippen LogP contribution in [0.2, 0.25) is 0 Å². The molecule has 1 aliphatic carbocycles. The molecule has 0 spiro atoms. The first-order valence-electron chi connectivity index (χ1n) is 7.14. The van der Waals surface area contributed by atoms with Gasteiger partial charge in [0.05, 0.1) is 13.2 Å². The molecule has 0 N–H and O–H groups in total. The molecule has 2 aliphatic rings. The Balaban J connectivity index is 1.78. The van der Waals surface area contributed by atoms with E-state index in [0.717, 1.165) is 18.4 Å². The molecule has 1 aromatic rings. The molecule has 1 aromatic carbocycles. The fraction of sp³-hybridized carbons (Fsp3) is 0.562. The number of methoxy groups -OCH3 is 1. The number of hydrogen-bond donors (Lipinski definition) is 0. The molecule has 1 heterocycles. The summed E-state index contributed by atoms with van der Waals surface area (Å²) in [4.78, 5) is 14.5. The van der Waals surface area contributed by atoms with Crippen LogP contribution in [0.15, 0.2) is 30.3 Å². The van der Waals surface area contributed by atoms with Crippen LogP contribution >= 0.6 is 0 Å². The Morgan fingerprint density at radius 2 is 2.00 bits per heavy atom. The van der Waals surface area contributed by atoms with Gasteiger partial charge >= 0.3 is 0 Å². The molecule has 1 aliphatic heterocycles. The fourth-order valence-corrected chi connectivity index (χ4v) is 2.92. The summed E-state index contributed by atoms with van der Waals surface area (Å²) in [5.41, 5.74) is 0.133. The Kier molecular flexibility index (Phi) is 3.30. The van der Waals surface area contributed by atoms with Crippen molar-refractivity contribution >= 4 is 5.91 Å². The lowest BCUT2D eigenvalue weighted by atomic mass is 9.93. The minimum Gasteiger partial charge on any atom is -0.368 e. The Hall–Kier alpha value is -1.39. The van der Waals surface area contributed by atoms with Gasteiger partial charge < -0.3 is 14.4 Å². The van der Waals surface area contributed by atoms with Crippen LogP contribution in [-0.4, -0.2) is 43.2 Å². The van der Waals surface area contributed by atoms with Crippen LogP contribution in [0.3, 0.4) is 0 Å². The SMILES string of the molecule is COC1(C(=O)N2CCOC(C)(c3ccccc3)C2)CC1. The lowest BCUT2D eigenvalue weighted by Crippen LogP contribution is -2.54. The molecule has 108 valence electrons. The number of hydrogen-bond acceptors (Lipinski definition) is 3. The molecule has 0 bridgehead atoms. The summed E-state index contributed by atoms with van der Waals surface area (Å²) in [5, 5.41) is 0. The highest BCUT2D eigenvalue weighted by atomic mass is 16.5. The second-order valence-corrected chi connectivity index (χ2v) is 5.87. The van der Waals surface area contributed by atoms with Crippen molar-refractivity contribution in [3.63, 3.8) is 0 Å². The molecule has 0 aromatic heterocycles. The van der Waals surface area contributed by atoms with E-state index in [2.05, 4.69) is 12.1 Å². The first kappa shape index (κ1) is 13.6. The largest absolute Gasteiger partial charge is 0.368 e. The van der Waals surface area contributed by atoms with Crippen molar-refractivity contribution < 1.29 is 14.3 Å². The van der Waals surface area contributed by atoms with Crippen LogP contribution in [0.25, 0.3) is 0 Å². The highest BCUT2D eigenvalue weighted by Crippen LogP contribution is 2.42. The molecule has 1 saturated heterocycles. The van der Waals surface area contributed by atoms with Gasteiger partial charge in [-0.25, -0.2) is 0 Å². The minimum absolute atomic E-state index is 0.116. The van der Waals surface area contributed by atoms with Crippen molar-refractivity contribution in [3.05, 3.63) is 35.9 Å². The fourth-order valence-electron chi connectivity index (χ4n) is 2.92. The summed E-state index contributed by atoms with van der Waals surface area (Å²) >= 11 is 0. The van der Waals surface area contributed by atoms with E-state index in [1.807, 2.05) is 30.0 Å². The second kappa shape index (κ2) is 4.86. The third-order valence-corrected chi connectivity index (χ3v) is 4.43. The van der Waals surface area contributed by atoms with Gasteiger partial charge in [0.15, 0.2) is 0 Å². The Bertz CT molecular complexity index is 498. The molecule has 4 heteroatoms. The number of ether oxygens (including phenoxy) is 2. The summed E-state index contributed by atoms with van der Waals surface area (Å²) in [6.07, 6.45) is 1.67. The lowest BCUT2D eigenvalue weighted by molar-refractivity contribution is -0.161. The lowest BCUT2D eigenvalue weighted by Gasteiger charge is -2.41. The van der Waals surface area contributed by atoms with Gasteiger partial charge in [-0.3, -0.25) is 4.79 Å². The van der Waals surface area contributed by atoms with Crippen LogP contribution in [0.1, 0.15) is 25.3 Å². The average Bonchev–Trinajstić information content (AvgIpc) is 3.29. The van der Waals surface area contributed by atoms with E-state index in [-0.39, 0.29) is 5.91 Å². The van der Waals surface area contributed by atoms with E-state index in [1.165, 1.54) is 0 Å². The maximum absolute atomic E-state index is 12.6. The summed E-state index contributed by atoms with van der Waals surface area (Å²) in [5.74, 6) is 0.116. The van der Waals surface area contributed by atoms with Crippen molar-refractivity contribution in [1.29, 1.82) is 0 Å². The molecule has 4 nitrogen and oxygen atoms in total. The number of morpholine rings is 1. The Labute approximate surface area is 119 Å². The van der Waals surface area contributed by atoms with E-state index in [1.54, 1.807) is 7.11 Å². The van der Waals surface area contributed by atoms with Gasteiger partial charge in [0, 0.05) is 13.7 Å². The van der Waals surface area contributed by atoms with Crippen LogP contribution in [0.4, 0.5) is 0 Å². The third kappa shape index (κ3) is 2.23. The molecule has 1 unspecified atom stereocenters. The third-order valence-electron chi connectivity index (χ3n) is 4.43. The van der Waals surface area contributed by atoms with Crippen molar-refractivity contribution in [2.45, 2.75) is 31.0 Å². The summed E-state index contributed by atoms with van der Waals surface area (Å²) in [6.45, 7) is 3.85. The number of rotatable bonds is 3. The normalized spacial score (nSPS) is 28.2. The average molecular weight is 275 g/mol. The summed E-state index contributed by atoms with van der Waals surface area (Å²) in [6, 6.07) is 10.1. The molecule has 1 amide bonds. The number of carbonyl (C=O) groups is 1. The highest BCUT2D eigenvalue weighted by molar-refractivity contribution is 5.88. The van der Waals surface area contributed by atoms with Crippen LogP contribution < -0.4 is 0 Å². The molecular formula is C16H21NO3. The van der Waals surface area contributed by atoms with Gasteiger partial charge in [-0.05, 0) is 25.3 Å². The van der Waals surface area contributed by atoms with E-state index in [9.17, 15) is 4.79 Å². The number of amides is 1. The van der Waals surface area contributed by atoms with Crippen molar-refractivity contribution in [3.8, 4) is 0 Å². The molecule has 1 atom stereocenters. The predicted molar refractivity (Wildman–Crippen MR) is 75.3 cm³/mol. The van der Waals surface area contributed by atoms with Crippen LogP contribution in [0.5, 0.6) is 0 Å². The quantitative estimate of drug-likeness (QED) is 0.846. The van der Waals surface area contributed by atoms with E-state index < -0.39 is 11.2 Å². The molecule has 1 saturated carbocycles. The maximum atomic E-state index is 12.6. The van der Waals surface area contributed by atoms with Gasteiger partial charge in [-0.1, -0.05) is 30.3 Å². The van der Waals surface area contributed by atoms with E-state index in [4.69, 9.17) is 9.47 Å². The zero-order chi connectivity index (χ0) is 14.2. The smallest absolute Gasteiger partial charge is 0.254 e. The first-order chi connectivity index (χ1) is 9.60. The topological polar surface area (TPSA) is 38.8 Å². The van der Waals surface area contributed by atoms with Crippen molar-refractivity contribution in [1.82, 2.24) is 4.90 Å². The number of nitrogens with zero attached hydrogens (tertiary/aromatic N) is 1. The van der Waals surface area contributed by atoms with E-state index >= 15 is 0 Å². The summed E-state index contributed by atoms with van der Waals surface area (Å²) in [7, 11) is 1.63.